The Morgan fingerprint density at radius 1 is 1.35 bits per heavy atom. The van der Waals surface area contributed by atoms with Gasteiger partial charge in [0.1, 0.15) is 0 Å². The fourth-order valence-electron chi connectivity index (χ4n) is 1.58. The van der Waals surface area contributed by atoms with E-state index in [1.807, 2.05) is 17.8 Å². The largest absolute Gasteiger partial charge is 0.271 e. The molecule has 0 saturated heterocycles. The van der Waals surface area contributed by atoms with Gasteiger partial charge in [0, 0.05) is 15.5 Å². The van der Waals surface area contributed by atoms with Crippen LogP contribution in [0.15, 0.2) is 46.7 Å². The average molecular weight is 264 g/mol. The van der Waals surface area contributed by atoms with Crippen molar-refractivity contribution >= 4 is 23.1 Å². The summed E-state index contributed by atoms with van der Waals surface area (Å²) in [4.78, 5) is 2.60. The minimum atomic E-state index is 0.213. The Kier molecular flexibility index (Phi) is 4.62. The number of thioether (sulfide) groups is 1. The highest BCUT2D eigenvalue weighted by Crippen LogP contribution is 2.26. The third-order valence-electron chi connectivity index (χ3n) is 2.51. The summed E-state index contributed by atoms with van der Waals surface area (Å²) in [5.41, 5.74) is 4.16. The van der Waals surface area contributed by atoms with Crippen LogP contribution in [0.4, 0.5) is 0 Å². The highest BCUT2D eigenvalue weighted by Gasteiger charge is 2.11. The van der Waals surface area contributed by atoms with Crippen LogP contribution < -0.4 is 11.3 Å². The number of hydrogen-bond acceptors (Lipinski definition) is 4. The van der Waals surface area contributed by atoms with Crippen LogP contribution in [-0.2, 0) is 0 Å². The van der Waals surface area contributed by atoms with Gasteiger partial charge >= 0.3 is 0 Å². The van der Waals surface area contributed by atoms with E-state index in [2.05, 4.69) is 48.1 Å². The van der Waals surface area contributed by atoms with Gasteiger partial charge in [-0.15, -0.1) is 23.1 Å². The van der Waals surface area contributed by atoms with E-state index in [1.54, 1.807) is 11.3 Å². The molecule has 1 heterocycles. The molecule has 0 fully saturated rings. The van der Waals surface area contributed by atoms with Crippen molar-refractivity contribution in [2.24, 2.45) is 5.84 Å². The second-order valence-corrected chi connectivity index (χ2v) is 6.04. The maximum absolute atomic E-state index is 5.62. The van der Waals surface area contributed by atoms with Gasteiger partial charge in [-0.2, -0.15) is 0 Å². The van der Waals surface area contributed by atoms with Crippen molar-refractivity contribution in [1.29, 1.82) is 0 Å². The third-order valence-corrected chi connectivity index (χ3v) is 4.50. The third kappa shape index (κ3) is 3.57. The fourth-order valence-corrected chi connectivity index (χ4v) is 3.34. The summed E-state index contributed by atoms with van der Waals surface area (Å²) in [5.74, 6) is 6.56. The summed E-state index contributed by atoms with van der Waals surface area (Å²) in [6.45, 7) is 2.12. The molecule has 2 nitrogen and oxygen atoms in total. The lowest BCUT2D eigenvalue weighted by atomic mass is 10.2. The summed E-state index contributed by atoms with van der Waals surface area (Å²) in [6.07, 6.45) is 0. The van der Waals surface area contributed by atoms with Crippen molar-refractivity contribution in [3.63, 3.8) is 0 Å². The maximum atomic E-state index is 5.62. The zero-order chi connectivity index (χ0) is 12.1. The molecule has 0 amide bonds. The van der Waals surface area contributed by atoms with Gasteiger partial charge in [-0.25, -0.2) is 0 Å². The molecule has 2 rings (SSSR count). The van der Waals surface area contributed by atoms with Crippen LogP contribution in [0.3, 0.4) is 0 Å². The van der Waals surface area contributed by atoms with Gasteiger partial charge in [-0.3, -0.25) is 11.3 Å². The van der Waals surface area contributed by atoms with Crippen LogP contribution >= 0.6 is 23.1 Å². The van der Waals surface area contributed by atoms with Gasteiger partial charge in [0.05, 0.1) is 6.04 Å². The highest BCUT2D eigenvalue weighted by molar-refractivity contribution is 7.99. The SMILES string of the molecule is Cc1cc(C(CSc2ccccc2)NN)cs1. The van der Waals surface area contributed by atoms with Crippen molar-refractivity contribution in [1.82, 2.24) is 5.43 Å². The molecule has 2 aromatic rings. The van der Waals surface area contributed by atoms with E-state index in [1.165, 1.54) is 15.3 Å². The number of nitrogens with one attached hydrogen (secondary N) is 1. The fraction of sp³-hybridized carbons (Fsp3) is 0.231. The number of thiophene rings is 1. The first-order valence-electron chi connectivity index (χ1n) is 5.48. The molecule has 0 saturated carbocycles. The van der Waals surface area contributed by atoms with Crippen molar-refractivity contribution < 1.29 is 0 Å². The first-order chi connectivity index (χ1) is 8.29. The molecule has 1 unspecified atom stereocenters. The molecule has 1 atom stereocenters. The van der Waals surface area contributed by atoms with E-state index < -0.39 is 0 Å². The summed E-state index contributed by atoms with van der Waals surface area (Å²) < 4.78 is 0. The molecule has 4 heteroatoms. The van der Waals surface area contributed by atoms with Gasteiger partial charge in [0.25, 0.3) is 0 Å². The van der Waals surface area contributed by atoms with Gasteiger partial charge in [-0.1, -0.05) is 18.2 Å². The molecule has 1 aromatic heterocycles. The Balaban J connectivity index is 1.97. The monoisotopic (exact) mass is 264 g/mol. The van der Waals surface area contributed by atoms with Crippen LogP contribution in [0.25, 0.3) is 0 Å². The zero-order valence-electron chi connectivity index (χ0n) is 9.72. The number of hydrazine groups is 1. The summed E-state index contributed by atoms with van der Waals surface area (Å²) in [7, 11) is 0. The summed E-state index contributed by atoms with van der Waals surface area (Å²) >= 11 is 3.58. The second-order valence-electron chi connectivity index (χ2n) is 3.83. The van der Waals surface area contributed by atoms with Crippen molar-refractivity contribution in [3.05, 3.63) is 52.2 Å². The first kappa shape index (κ1) is 12.6. The van der Waals surface area contributed by atoms with Crippen LogP contribution in [0, 0.1) is 6.92 Å². The van der Waals surface area contributed by atoms with Crippen LogP contribution in [0.2, 0.25) is 0 Å². The van der Waals surface area contributed by atoms with Gasteiger partial charge < -0.3 is 0 Å². The molecule has 0 aliphatic heterocycles. The summed E-state index contributed by atoms with van der Waals surface area (Å²) in [6, 6.07) is 12.8. The standard InChI is InChI=1S/C13H16N2S2/c1-10-7-11(8-16-10)13(15-14)9-17-12-5-3-2-4-6-12/h2-8,13,15H,9,14H2,1H3. The van der Waals surface area contributed by atoms with Crippen LogP contribution in [0.1, 0.15) is 16.5 Å². The molecule has 90 valence electrons. The number of aryl methyl sites for hydroxylation is 1. The van der Waals surface area contributed by atoms with Crippen LogP contribution in [-0.4, -0.2) is 5.75 Å². The minimum Gasteiger partial charge on any atom is -0.271 e. The Hall–Kier alpha value is -0.810. The van der Waals surface area contributed by atoms with Gasteiger partial charge in [0.2, 0.25) is 0 Å². The smallest absolute Gasteiger partial charge is 0.0562 e. The van der Waals surface area contributed by atoms with Crippen LogP contribution in [0.5, 0.6) is 0 Å². The van der Waals surface area contributed by atoms with Crippen molar-refractivity contribution in [2.45, 2.75) is 17.9 Å². The molecular formula is C13H16N2S2. The number of hydrogen-bond donors (Lipinski definition) is 2. The molecule has 0 aliphatic carbocycles. The Morgan fingerprint density at radius 3 is 2.71 bits per heavy atom. The topological polar surface area (TPSA) is 38.0 Å². The maximum Gasteiger partial charge on any atom is 0.0562 e. The average Bonchev–Trinajstić information content (AvgIpc) is 2.78. The predicted molar refractivity (Wildman–Crippen MR) is 76.3 cm³/mol. The molecule has 0 bridgehead atoms. The zero-order valence-corrected chi connectivity index (χ0v) is 11.4. The Morgan fingerprint density at radius 2 is 2.12 bits per heavy atom. The lowest BCUT2D eigenvalue weighted by Crippen LogP contribution is -2.29. The van der Waals surface area contributed by atoms with E-state index in [-0.39, 0.29) is 6.04 Å². The first-order valence-corrected chi connectivity index (χ1v) is 7.35. The molecule has 3 N–H and O–H groups in total. The number of nitrogens with two attached hydrogens (primary N) is 1. The van der Waals surface area contributed by atoms with E-state index in [0.29, 0.717) is 0 Å². The lowest BCUT2D eigenvalue weighted by Gasteiger charge is -2.14. The minimum absolute atomic E-state index is 0.213. The molecule has 1 aromatic carbocycles. The highest BCUT2D eigenvalue weighted by atomic mass is 32.2. The Labute approximate surface area is 110 Å². The molecule has 17 heavy (non-hydrogen) atoms. The molecule has 0 spiro atoms. The van der Waals surface area contributed by atoms with Gasteiger partial charge in [0.15, 0.2) is 0 Å². The van der Waals surface area contributed by atoms with E-state index >= 15 is 0 Å². The molecule has 0 aliphatic rings. The van der Waals surface area contributed by atoms with E-state index in [4.69, 9.17) is 5.84 Å². The normalized spacial score (nSPS) is 12.6. The van der Waals surface area contributed by atoms with E-state index in [0.717, 1.165) is 5.75 Å². The number of benzene rings is 1. The molecular weight excluding hydrogens is 248 g/mol. The van der Waals surface area contributed by atoms with E-state index in [9.17, 15) is 0 Å². The lowest BCUT2D eigenvalue weighted by molar-refractivity contribution is 0.612. The van der Waals surface area contributed by atoms with Crippen molar-refractivity contribution in [3.8, 4) is 0 Å². The summed E-state index contributed by atoms with van der Waals surface area (Å²) in [5, 5.41) is 2.17. The number of rotatable bonds is 5. The van der Waals surface area contributed by atoms with Crippen molar-refractivity contribution in [2.75, 3.05) is 5.75 Å². The Bertz CT molecular complexity index is 453. The second kappa shape index (κ2) is 6.21. The van der Waals surface area contributed by atoms with Gasteiger partial charge in [-0.05, 0) is 36.1 Å². The predicted octanol–water partition coefficient (Wildman–Crippen LogP) is 3.35. The quantitative estimate of drug-likeness (QED) is 0.494. The molecule has 0 radical (unpaired) electrons.